The number of benzene rings is 2. The van der Waals surface area contributed by atoms with Gasteiger partial charge in [0.25, 0.3) is 0 Å². The number of ether oxygens (including phenoxy) is 1. The number of likely N-dealkylation sites (tertiary alicyclic amines) is 1. The second-order valence-electron chi connectivity index (χ2n) is 8.12. The predicted molar refractivity (Wildman–Crippen MR) is 123 cm³/mol. The Morgan fingerprint density at radius 1 is 1.17 bits per heavy atom. The Morgan fingerprint density at radius 2 is 1.90 bits per heavy atom. The summed E-state index contributed by atoms with van der Waals surface area (Å²) in [6.07, 6.45) is 1.71. The Labute approximate surface area is 189 Å². The third-order valence-corrected chi connectivity index (χ3v) is 6.15. The van der Waals surface area contributed by atoms with Crippen molar-refractivity contribution in [2.45, 2.75) is 39.2 Å². The molecule has 0 saturated carbocycles. The second kappa shape index (κ2) is 11.0. The van der Waals surface area contributed by atoms with Gasteiger partial charge in [-0.15, -0.1) is 0 Å². The Bertz CT molecular complexity index is 849. The normalized spacial score (nSPS) is 15.4. The monoisotopic (exact) mass is 448 g/mol. The van der Waals surface area contributed by atoms with Crippen molar-refractivity contribution in [3.8, 4) is 5.75 Å². The van der Waals surface area contributed by atoms with E-state index in [1.165, 1.54) is 5.56 Å². The molecule has 4 nitrogen and oxygen atoms in total. The molecule has 0 aliphatic carbocycles. The standard InChI is InChI=1S/C24H30Cl2N2O2/c1-17(2)21-5-3-4-6-23(21)30-14-11-27-24(29)18-9-12-28(13-10-18)16-19-7-8-20(25)15-22(19)26/h3-8,15,17-18H,9-14,16H2,1-2H3,(H,27,29). The van der Waals surface area contributed by atoms with Gasteiger partial charge in [-0.1, -0.05) is 61.3 Å². The lowest BCUT2D eigenvalue weighted by atomic mass is 9.95. The van der Waals surface area contributed by atoms with E-state index in [9.17, 15) is 4.79 Å². The highest BCUT2D eigenvalue weighted by Crippen LogP contribution is 2.26. The first kappa shape index (κ1) is 22.9. The lowest BCUT2D eigenvalue weighted by molar-refractivity contribution is -0.126. The van der Waals surface area contributed by atoms with Crippen LogP contribution >= 0.6 is 23.2 Å². The Hall–Kier alpha value is -1.75. The molecule has 2 aromatic carbocycles. The van der Waals surface area contributed by atoms with E-state index in [1.807, 2.05) is 30.3 Å². The highest BCUT2D eigenvalue weighted by atomic mass is 35.5. The zero-order chi connectivity index (χ0) is 21.5. The molecule has 0 bridgehead atoms. The molecular formula is C24H30Cl2N2O2. The first-order chi connectivity index (χ1) is 14.4. The van der Waals surface area contributed by atoms with Gasteiger partial charge in [0.15, 0.2) is 0 Å². The van der Waals surface area contributed by atoms with Crippen LogP contribution in [0.5, 0.6) is 5.75 Å². The zero-order valence-electron chi connectivity index (χ0n) is 17.7. The molecule has 2 aromatic rings. The maximum absolute atomic E-state index is 12.5. The quantitative estimate of drug-likeness (QED) is 0.540. The molecule has 0 atom stereocenters. The molecular weight excluding hydrogens is 419 g/mol. The van der Waals surface area contributed by atoms with Crippen LogP contribution in [-0.2, 0) is 11.3 Å². The summed E-state index contributed by atoms with van der Waals surface area (Å²) in [7, 11) is 0. The Balaban J connectivity index is 1.38. The second-order valence-corrected chi connectivity index (χ2v) is 8.96. The smallest absolute Gasteiger partial charge is 0.223 e. The van der Waals surface area contributed by atoms with E-state index >= 15 is 0 Å². The van der Waals surface area contributed by atoms with Crippen molar-refractivity contribution in [2.24, 2.45) is 5.92 Å². The summed E-state index contributed by atoms with van der Waals surface area (Å²) in [5.41, 5.74) is 2.26. The minimum atomic E-state index is 0.0601. The van der Waals surface area contributed by atoms with Crippen LogP contribution in [0, 0.1) is 5.92 Å². The third kappa shape index (κ3) is 6.37. The van der Waals surface area contributed by atoms with Crippen molar-refractivity contribution in [1.82, 2.24) is 10.2 Å². The molecule has 6 heteroatoms. The molecule has 0 aromatic heterocycles. The summed E-state index contributed by atoms with van der Waals surface area (Å²) in [5.74, 6) is 1.49. The molecule has 162 valence electrons. The fraction of sp³-hybridized carbons (Fsp3) is 0.458. The van der Waals surface area contributed by atoms with E-state index in [0.29, 0.717) is 29.1 Å². The number of para-hydroxylation sites is 1. The Morgan fingerprint density at radius 3 is 2.60 bits per heavy atom. The lowest BCUT2D eigenvalue weighted by Crippen LogP contribution is -2.41. The van der Waals surface area contributed by atoms with Gasteiger partial charge in [-0.3, -0.25) is 9.69 Å². The van der Waals surface area contributed by atoms with Crippen molar-refractivity contribution in [3.63, 3.8) is 0 Å². The highest BCUT2D eigenvalue weighted by molar-refractivity contribution is 6.35. The van der Waals surface area contributed by atoms with E-state index in [1.54, 1.807) is 6.07 Å². The van der Waals surface area contributed by atoms with Crippen molar-refractivity contribution < 1.29 is 9.53 Å². The number of rotatable bonds is 8. The molecule has 1 heterocycles. The summed E-state index contributed by atoms with van der Waals surface area (Å²) < 4.78 is 5.89. The van der Waals surface area contributed by atoms with Crippen LogP contribution in [0.4, 0.5) is 0 Å². The maximum Gasteiger partial charge on any atom is 0.223 e. The minimum Gasteiger partial charge on any atom is -0.491 e. The summed E-state index contributed by atoms with van der Waals surface area (Å²) >= 11 is 12.3. The van der Waals surface area contributed by atoms with E-state index in [2.05, 4.69) is 30.1 Å². The molecule has 1 aliphatic heterocycles. The van der Waals surface area contributed by atoms with Crippen LogP contribution in [0.1, 0.15) is 43.7 Å². The van der Waals surface area contributed by atoms with Crippen molar-refractivity contribution in [3.05, 3.63) is 63.6 Å². The van der Waals surface area contributed by atoms with Crippen molar-refractivity contribution in [2.75, 3.05) is 26.2 Å². The minimum absolute atomic E-state index is 0.0601. The molecule has 0 unspecified atom stereocenters. The molecule has 3 rings (SSSR count). The van der Waals surface area contributed by atoms with Gasteiger partial charge < -0.3 is 10.1 Å². The Kier molecular flexibility index (Phi) is 8.43. The molecule has 1 N–H and O–H groups in total. The van der Waals surface area contributed by atoms with Crippen LogP contribution in [0.3, 0.4) is 0 Å². The van der Waals surface area contributed by atoms with E-state index in [4.69, 9.17) is 27.9 Å². The van der Waals surface area contributed by atoms with Crippen LogP contribution in [-0.4, -0.2) is 37.0 Å². The van der Waals surface area contributed by atoms with Gasteiger partial charge in [0.2, 0.25) is 5.91 Å². The fourth-order valence-corrected chi connectivity index (χ4v) is 4.28. The molecule has 1 saturated heterocycles. The van der Waals surface area contributed by atoms with Gasteiger partial charge in [0.1, 0.15) is 12.4 Å². The zero-order valence-corrected chi connectivity index (χ0v) is 19.2. The molecule has 0 spiro atoms. The van der Waals surface area contributed by atoms with Gasteiger partial charge in [-0.25, -0.2) is 0 Å². The third-order valence-electron chi connectivity index (χ3n) is 5.57. The number of hydrogen-bond acceptors (Lipinski definition) is 3. The largest absolute Gasteiger partial charge is 0.491 e. The van der Waals surface area contributed by atoms with Crippen LogP contribution in [0.15, 0.2) is 42.5 Å². The SMILES string of the molecule is CC(C)c1ccccc1OCCNC(=O)C1CCN(Cc2ccc(Cl)cc2Cl)CC1. The first-order valence-corrected chi connectivity index (χ1v) is 11.4. The molecule has 30 heavy (non-hydrogen) atoms. The molecule has 1 aliphatic rings. The number of amides is 1. The summed E-state index contributed by atoms with van der Waals surface area (Å²) in [6, 6.07) is 13.7. The molecule has 1 fully saturated rings. The van der Waals surface area contributed by atoms with Gasteiger partial charge in [0.05, 0.1) is 6.54 Å². The topological polar surface area (TPSA) is 41.6 Å². The average molecular weight is 449 g/mol. The van der Waals surface area contributed by atoms with Gasteiger partial charge >= 0.3 is 0 Å². The van der Waals surface area contributed by atoms with Crippen LogP contribution in [0.25, 0.3) is 0 Å². The number of carbonyl (C=O) groups is 1. The van der Waals surface area contributed by atoms with Crippen molar-refractivity contribution >= 4 is 29.1 Å². The molecule has 1 amide bonds. The van der Waals surface area contributed by atoms with Gasteiger partial charge in [0, 0.05) is 22.5 Å². The number of halogens is 2. The lowest BCUT2D eigenvalue weighted by Gasteiger charge is -2.31. The summed E-state index contributed by atoms with van der Waals surface area (Å²) in [5, 5.41) is 4.38. The van der Waals surface area contributed by atoms with E-state index in [-0.39, 0.29) is 11.8 Å². The predicted octanol–water partition coefficient (Wildman–Crippen LogP) is 5.52. The highest BCUT2D eigenvalue weighted by Gasteiger charge is 2.25. The maximum atomic E-state index is 12.5. The van der Waals surface area contributed by atoms with Gasteiger partial charge in [-0.2, -0.15) is 0 Å². The summed E-state index contributed by atoms with van der Waals surface area (Å²) in [6.45, 7) is 7.85. The number of hydrogen-bond donors (Lipinski definition) is 1. The first-order valence-electron chi connectivity index (χ1n) is 10.6. The fourth-order valence-electron chi connectivity index (χ4n) is 3.81. The van der Waals surface area contributed by atoms with E-state index in [0.717, 1.165) is 43.8 Å². The molecule has 0 radical (unpaired) electrons. The number of piperidine rings is 1. The number of nitrogens with one attached hydrogen (secondary N) is 1. The van der Waals surface area contributed by atoms with Crippen molar-refractivity contribution in [1.29, 1.82) is 0 Å². The summed E-state index contributed by atoms with van der Waals surface area (Å²) in [4.78, 5) is 14.9. The average Bonchev–Trinajstić information content (AvgIpc) is 2.74. The van der Waals surface area contributed by atoms with Crippen LogP contribution < -0.4 is 10.1 Å². The number of nitrogens with zero attached hydrogens (tertiary/aromatic N) is 1. The van der Waals surface area contributed by atoms with Gasteiger partial charge in [-0.05, 0) is 61.2 Å². The van der Waals surface area contributed by atoms with E-state index < -0.39 is 0 Å². The van der Waals surface area contributed by atoms with Crippen LogP contribution in [0.2, 0.25) is 10.0 Å². The number of carbonyl (C=O) groups excluding carboxylic acids is 1.